The summed E-state index contributed by atoms with van der Waals surface area (Å²) in [6, 6.07) is 2.12. The summed E-state index contributed by atoms with van der Waals surface area (Å²) in [5.74, 6) is 3.47. The number of aliphatic imine (C=N–C) groups is 2. The molecule has 24 heavy (non-hydrogen) atoms. The van der Waals surface area contributed by atoms with Crippen LogP contribution in [0.1, 0.15) is 37.3 Å². The van der Waals surface area contributed by atoms with Gasteiger partial charge in [0, 0.05) is 55.7 Å². The Hall–Kier alpha value is -1.89. The summed E-state index contributed by atoms with van der Waals surface area (Å²) in [5.41, 5.74) is 1.73. The van der Waals surface area contributed by atoms with Crippen LogP contribution in [-0.4, -0.2) is 71.6 Å². The quantitative estimate of drug-likeness (QED) is 0.863. The molecular weight excluding hydrogens is 302 g/mol. The third-order valence-corrected chi connectivity index (χ3v) is 5.69. The Morgan fingerprint density at radius 3 is 2.92 bits per heavy atom. The highest BCUT2D eigenvalue weighted by molar-refractivity contribution is 6.04. The molecule has 128 valence electrons. The van der Waals surface area contributed by atoms with Crippen LogP contribution in [0.15, 0.2) is 16.1 Å². The number of aromatic nitrogens is 2. The number of nitrogens with zero attached hydrogens (tertiary/aromatic N) is 5. The van der Waals surface area contributed by atoms with Crippen LogP contribution in [-0.2, 0) is 0 Å². The highest BCUT2D eigenvalue weighted by Crippen LogP contribution is 2.40. The summed E-state index contributed by atoms with van der Waals surface area (Å²) < 4.78 is 0. The summed E-state index contributed by atoms with van der Waals surface area (Å²) in [6.07, 6.45) is 4.73. The van der Waals surface area contributed by atoms with E-state index in [-0.39, 0.29) is 0 Å². The van der Waals surface area contributed by atoms with Crippen molar-refractivity contribution in [2.24, 2.45) is 15.4 Å². The predicted molar refractivity (Wildman–Crippen MR) is 94.7 cm³/mol. The van der Waals surface area contributed by atoms with Crippen molar-refractivity contribution in [3.8, 4) is 0 Å². The highest BCUT2D eigenvalue weighted by atomic mass is 15.4. The molecule has 3 aliphatic heterocycles. The molecule has 4 heterocycles. The van der Waals surface area contributed by atoms with E-state index in [4.69, 9.17) is 4.99 Å². The van der Waals surface area contributed by atoms with Gasteiger partial charge in [-0.15, -0.1) is 0 Å². The molecule has 5 rings (SSSR count). The van der Waals surface area contributed by atoms with Crippen molar-refractivity contribution >= 4 is 17.6 Å². The first kappa shape index (κ1) is 14.5. The molecule has 7 heteroatoms. The van der Waals surface area contributed by atoms with Crippen molar-refractivity contribution in [3.05, 3.63) is 11.8 Å². The fourth-order valence-corrected chi connectivity index (χ4v) is 4.21. The van der Waals surface area contributed by atoms with E-state index < -0.39 is 0 Å². The van der Waals surface area contributed by atoms with Crippen LogP contribution >= 0.6 is 0 Å². The summed E-state index contributed by atoms with van der Waals surface area (Å²) in [5, 5.41) is 10.9. The van der Waals surface area contributed by atoms with E-state index in [1.807, 2.05) is 0 Å². The van der Waals surface area contributed by atoms with Crippen LogP contribution in [0.25, 0.3) is 0 Å². The van der Waals surface area contributed by atoms with Crippen molar-refractivity contribution in [2.75, 3.05) is 45.1 Å². The lowest BCUT2D eigenvalue weighted by molar-refractivity contribution is 0.0685. The molecule has 0 unspecified atom stereocenters. The van der Waals surface area contributed by atoms with Gasteiger partial charge in [0.15, 0.2) is 5.82 Å². The second-order valence-electron chi connectivity index (χ2n) is 7.94. The van der Waals surface area contributed by atoms with Crippen LogP contribution in [0.3, 0.4) is 0 Å². The van der Waals surface area contributed by atoms with Gasteiger partial charge in [0.05, 0.1) is 0 Å². The normalized spacial score (nSPS) is 26.3. The highest BCUT2D eigenvalue weighted by Gasteiger charge is 2.48. The SMILES string of the molecule is CN1CCC2(C1)CN(C1=NCCC(Nc3cc(C4CC4)[nH]n3)=N1)C2. The number of hydrogen-bond acceptors (Lipinski definition) is 6. The first-order chi connectivity index (χ1) is 11.7. The Morgan fingerprint density at radius 2 is 2.17 bits per heavy atom. The fraction of sp³-hybridized carbons (Fsp3) is 0.706. The van der Waals surface area contributed by atoms with E-state index in [2.05, 4.69) is 43.4 Å². The fourth-order valence-electron chi connectivity index (χ4n) is 4.21. The average molecular weight is 327 g/mol. The summed E-state index contributed by atoms with van der Waals surface area (Å²) >= 11 is 0. The van der Waals surface area contributed by atoms with Gasteiger partial charge in [-0.1, -0.05) is 0 Å². The molecule has 2 saturated heterocycles. The number of H-pyrrole nitrogens is 1. The third-order valence-electron chi connectivity index (χ3n) is 5.69. The van der Waals surface area contributed by atoms with Crippen LogP contribution in [0.2, 0.25) is 0 Å². The molecule has 1 aromatic rings. The summed E-state index contributed by atoms with van der Waals surface area (Å²) in [6.45, 7) is 5.44. The van der Waals surface area contributed by atoms with E-state index >= 15 is 0 Å². The van der Waals surface area contributed by atoms with Gasteiger partial charge in [-0.2, -0.15) is 5.10 Å². The van der Waals surface area contributed by atoms with Gasteiger partial charge in [-0.3, -0.25) is 10.1 Å². The van der Waals surface area contributed by atoms with Gasteiger partial charge >= 0.3 is 0 Å². The molecule has 1 aliphatic carbocycles. The lowest BCUT2D eigenvalue weighted by Crippen LogP contribution is -2.59. The maximum absolute atomic E-state index is 4.76. The molecule has 1 saturated carbocycles. The summed E-state index contributed by atoms with van der Waals surface area (Å²) in [7, 11) is 2.22. The van der Waals surface area contributed by atoms with Gasteiger partial charge in [-0.25, -0.2) is 4.99 Å². The molecule has 0 bridgehead atoms. The smallest absolute Gasteiger partial charge is 0.222 e. The number of hydrogen-bond donors (Lipinski definition) is 2. The predicted octanol–water partition coefficient (Wildman–Crippen LogP) is 1.49. The molecule has 2 N–H and O–H groups in total. The van der Waals surface area contributed by atoms with Gasteiger partial charge < -0.3 is 15.1 Å². The lowest BCUT2D eigenvalue weighted by atomic mass is 9.79. The third kappa shape index (κ3) is 2.60. The Balaban J connectivity index is 1.23. The minimum absolute atomic E-state index is 0.485. The molecule has 7 nitrogen and oxygen atoms in total. The first-order valence-electron chi connectivity index (χ1n) is 9.07. The molecule has 4 aliphatic rings. The molecule has 0 aromatic carbocycles. The van der Waals surface area contributed by atoms with Crippen LogP contribution in [0.5, 0.6) is 0 Å². The Labute approximate surface area is 142 Å². The summed E-state index contributed by atoms with van der Waals surface area (Å²) in [4.78, 5) is 14.2. The van der Waals surface area contributed by atoms with Gasteiger partial charge in [0.25, 0.3) is 0 Å². The van der Waals surface area contributed by atoms with E-state index in [0.29, 0.717) is 11.3 Å². The van der Waals surface area contributed by atoms with Gasteiger partial charge in [-0.05, 0) is 32.9 Å². The van der Waals surface area contributed by atoms with Gasteiger partial charge in [0.2, 0.25) is 5.96 Å². The molecule has 3 fully saturated rings. The number of guanidine groups is 1. The molecule has 1 spiro atoms. The minimum atomic E-state index is 0.485. The van der Waals surface area contributed by atoms with Crippen LogP contribution in [0, 0.1) is 5.41 Å². The Bertz CT molecular complexity index is 694. The van der Waals surface area contributed by atoms with Crippen molar-refractivity contribution in [3.63, 3.8) is 0 Å². The van der Waals surface area contributed by atoms with Gasteiger partial charge in [0.1, 0.15) is 5.84 Å². The first-order valence-corrected chi connectivity index (χ1v) is 9.07. The van der Waals surface area contributed by atoms with Crippen molar-refractivity contribution < 1.29 is 0 Å². The molecule has 0 radical (unpaired) electrons. The number of nitrogens with one attached hydrogen (secondary N) is 2. The number of likely N-dealkylation sites (tertiary alicyclic amines) is 2. The average Bonchev–Trinajstić information content (AvgIpc) is 3.17. The maximum atomic E-state index is 4.76. The van der Waals surface area contributed by atoms with Crippen LogP contribution < -0.4 is 5.32 Å². The minimum Gasteiger partial charge on any atom is -0.340 e. The number of aromatic amines is 1. The maximum Gasteiger partial charge on any atom is 0.222 e. The number of amidine groups is 1. The van der Waals surface area contributed by atoms with E-state index in [1.54, 1.807) is 0 Å². The van der Waals surface area contributed by atoms with Crippen molar-refractivity contribution in [2.45, 2.75) is 31.6 Å². The lowest BCUT2D eigenvalue weighted by Gasteiger charge is -2.48. The topological polar surface area (TPSA) is 71.9 Å². The number of anilines is 1. The molecule has 1 aromatic heterocycles. The van der Waals surface area contributed by atoms with Crippen molar-refractivity contribution in [1.82, 2.24) is 20.0 Å². The second kappa shape index (κ2) is 5.31. The van der Waals surface area contributed by atoms with E-state index in [1.165, 1.54) is 38.0 Å². The molecular formula is C17H25N7. The standard InChI is InChI=1S/C17H25N7/c1-23-7-5-17(9-23)10-24(11-17)16-18-6-4-14(20-16)19-15-8-13(21-22-15)12-2-3-12/h8,12H,2-7,9-11H2,1H3,(H2,18,19,20,21,22). The largest absolute Gasteiger partial charge is 0.340 e. The zero-order valence-electron chi connectivity index (χ0n) is 14.3. The molecule has 0 atom stereocenters. The van der Waals surface area contributed by atoms with E-state index in [9.17, 15) is 0 Å². The Morgan fingerprint density at radius 1 is 1.29 bits per heavy atom. The zero-order valence-corrected chi connectivity index (χ0v) is 14.3. The van der Waals surface area contributed by atoms with Crippen molar-refractivity contribution in [1.29, 1.82) is 0 Å². The zero-order chi connectivity index (χ0) is 16.1. The van der Waals surface area contributed by atoms with E-state index in [0.717, 1.165) is 43.7 Å². The molecule has 0 amide bonds. The second-order valence-corrected chi connectivity index (χ2v) is 7.94. The Kier molecular flexibility index (Phi) is 3.20. The monoisotopic (exact) mass is 327 g/mol. The van der Waals surface area contributed by atoms with Crippen LogP contribution in [0.4, 0.5) is 5.82 Å². The number of rotatable bonds is 2.